The standard InChI is InChI=1S/C20H28O5/c1-2-3-4-5-6-10-15-24-19(22)14-13-18(21)20(23)25-16-17-11-8-7-9-12-17/h7-9,11-12H,2-6,10,13-16H2,1H3. The number of carbonyl (C=O) groups is 3. The molecule has 0 spiro atoms. The summed E-state index contributed by atoms with van der Waals surface area (Å²) in [6, 6.07) is 9.11. The molecular weight excluding hydrogens is 320 g/mol. The molecule has 0 aliphatic rings. The first-order valence-electron chi connectivity index (χ1n) is 9.03. The number of ether oxygens (including phenoxy) is 2. The summed E-state index contributed by atoms with van der Waals surface area (Å²) < 4.78 is 9.99. The average molecular weight is 348 g/mol. The minimum absolute atomic E-state index is 0.0495. The fourth-order valence-corrected chi connectivity index (χ4v) is 2.26. The first kappa shape index (κ1) is 20.9. The molecule has 0 saturated heterocycles. The van der Waals surface area contributed by atoms with Crippen LogP contribution >= 0.6 is 0 Å². The minimum Gasteiger partial charge on any atom is -0.466 e. The molecule has 0 amide bonds. The summed E-state index contributed by atoms with van der Waals surface area (Å²) in [5.74, 6) is -2.06. The molecule has 1 aromatic carbocycles. The van der Waals surface area contributed by atoms with Crippen LogP contribution in [0.5, 0.6) is 0 Å². The van der Waals surface area contributed by atoms with Crippen molar-refractivity contribution in [1.82, 2.24) is 0 Å². The highest BCUT2D eigenvalue weighted by Crippen LogP contribution is 2.06. The van der Waals surface area contributed by atoms with Crippen LogP contribution in [-0.4, -0.2) is 24.3 Å². The van der Waals surface area contributed by atoms with E-state index in [2.05, 4.69) is 6.92 Å². The predicted octanol–water partition coefficient (Wildman–Crippen LogP) is 3.98. The van der Waals surface area contributed by atoms with Crippen LogP contribution in [0.2, 0.25) is 0 Å². The molecule has 0 aliphatic carbocycles. The number of hydrogen-bond acceptors (Lipinski definition) is 5. The van der Waals surface area contributed by atoms with E-state index in [1.54, 1.807) is 12.1 Å². The summed E-state index contributed by atoms with van der Waals surface area (Å²) in [4.78, 5) is 34.8. The third-order valence-corrected chi connectivity index (χ3v) is 3.76. The van der Waals surface area contributed by atoms with Gasteiger partial charge in [0, 0.05) is 6.42 Å². The number of rotatable bonds is 13. The van der Waals surface area contributed by atoms with Crippen LogP contribution in [0.1, 0.15) is 63.9 Å². The quantitative estimate of drug-likeness (QED) is 0.306. The maximum absolute atomic E-state index is 11.7. The van der Waals surface area contributed by atoms with Crippen molar-refractivity contribution in [3.05, 3.63) is 35.9 Å². The average Bonchev–Trinajstić information content (AvgIpc) is 2.64. The second-order valence-corrected chi connectivity index (χ2v) is 5.97. The Labute approximate surface area is 149 Å². The fraction of sp³-hybridized carbons (Fsp3) is 0.550. The topological polar surface area (TPSA) is 69.7 Å². The van der Waals surface area contributed by atoms with Crippen LogP contribution in [0.4, 0.5) is 0 Å². The highest BCUT2D eigenvalue weighted by atomic mass is 16.5. The maximum Gasteiger partial charge on any atom is 0.374 e. The molecule has 5 nitrogen and oxygen atoms in total. The van der Waals surface area contributed by atoms with Gasteiger partial charge >= 0.3 is 11.9 Å². The van der Waals surface area contributed by atoms with Crippen LogP contribution in [0.15, 0.2) is 30.3 Å². The first-order valence-corrected chi connectivity index (χ1v) is 9.03. The van der Waals surface area contributed by atoms with Gasteiger partial charge in [0.2, 0.25) is 5.78 Å². The van der Waals surface area contributed by atoms with Crippen molar-refractivity contribution in [3.63, 3.8) is 0 Å². The smallest absolute Gasteiger partial charge is 0.374 e. The molecule has 0 atom stereocenters. The molecule has 25 heavy (non-hydrogen) atoms. The van der Waals surface area contributed by atoms with Crippen LogP contribution in [-0.2, 0) is 30.5 Å². The second-order valence-electron chi connectivity index (χ2n) is 5.97. The normalized spacial score (nSPS) is 10.3. The molecule has 0 bridgehead atoms. The third kappa shape index (κ3) is 10.3. The first-order chi connectivity index (χ1) is 12.1. The Hall–Kier alpha value is -2.17. The Morgan fingerprint density at radius 1 is 0.840 bits per heavy atom. The zero-order chi connectivity index (χ0) is 18.3. The number of Topliss-reactive ketones (excluding diaryl/α,β-unsaturated/α-hetero) is 1. The lowest BCUT2D eigenvalue weighted by atomic mass is 10.1. The zero-order valence-electron chi connectivity index (χ0n) is 15.0. The largest absolute Gasteiger partial charge is 0.466 e. The Kier molecular flexibility index (Phi) is 11.0. The molecule has 0 unspecified atom stereocenters. The molecule has 0 radical (unpaired) electrons. The van der Waals surface area contributed by atoms with Crippen LogP contribution in [0.3, 0.4) is 0 Å². The predicted molar refractivity (Wildman–Crippen MR) is 94.8 cm³/mol. The molecule has 0 aliphatic heterocycles. The molecule has 1 rings (SSSR count). The van der Waals surface area contributed by atoms with E-state index in [9.17, 15) is 14.4 Å². The van der Waals surface area contributed by atoms with E-state index in [4.69, 9.17) is 9.47 Å². The summed E-state index contributed by atoms with van der Waals surface area (Å²) in [6.07, 6.45) is 6.42. The van der Waals surface area contributed by atoms with Gasteiger partial charge < -0.3 is 9.47 Å². The lowest BCUT2D eigenvalue weighted by Crippen LogP contribution is -2.19. The van der Waals surface area contributed by atoms with E-state index in [-0.39, 0.29) is 19.4 Å². The second kappa shape index (κ2) is 13.2. The molecule has 0 fully saturated rings. The molecule has 138 valence electrons. The number of benzene rings is 1. The van der Waals surface area contributed by atoms with Crippen molar-refractivity contribution < 1.29 is 23.9 Å². The number of esters is 2. The van der Waals surface area contributed by atoms with Gasteiger partial charge in [-0.15, -0.1) is 0 Å². The number of unbranched alkanes of at least 4 members (excludes halogenated alkanes) is 5. The highest BCUT2D eigenvalue weighted by Gasteiger charge is 2.17. The Bertz CT molecular complexity index is 524. The molecule has 0 aromatic heterocycles. The third-order valence-electron chi connectivity index (χ3n) is 3.76. The van der Waals surface area contributed by atoms with Gasteiger partial charge in [-0.05, 0) is 12.0 Å². The van der Waals surface area contributed by atoms with E-state index in [1.165, 1.54) is 19.3 Å². The van der Waals surface area contributed by atoms with E-state index in [0.29, 0.717) is 6.61 Å². The maximum atomic E-state index is 11.7. The van der Waals surface area contributed by atoms with Crippen molar-refractivity contribution >= 4 is 17.7 Å². The van der Waals surface area contributed by atoms with Crippen molar-refractivity contribution in [2.75, 3.05) is 6.61 Å². The van der Waals surface area contributed by atoms with Crippen LogP contribution in [0.25, 0.3) is 0 Å². The highest BCUT2D eigenvalue weighted by molar-refractivity contribution is 6.33. The molecule has 0 N–H and O–H groups in total. The molecule has 0 heterocycles. The zero-order valence-corrected chi connectivity index (χ0v) is 15.0. The van der Waals surface area contributed by atoms with Crippen molar-refractivity contribution in [2.24, 2.45) is 0 Å². The van der Waals surface area contributed by atoms with Crippen molar-refractivity contribution in [1.29, 1.82) is 0 Å². The van der Waals surface area contributed by atoms with Gasteiger partial charge in [0.1, 0.15) is 6.61 Å². The lowest BCUT2D eigenvalue weighted by molar-refractivity contribution is -0.155. The van der Waals surface area contributed by atoms with E-state index in [1.807, 2.05) is 18.2 Å². The summed E-state index contributed by atoms with van der Waals surface area (Å²) in [7, 11) is 0. The molecule has 0 saturated carbocycles. The van der Waals surface area contributed by atoms with Crippen molar-refractivity contribution in [3.8, 4) is 0 Å². The van der Waals surface area contributed by atoms with E-state index in [0.717, 1.165) is 24.8 Å². The van der Waals surface area contributed by atoms with Gasteiger partial charge in [-0.2, -0.15) is 0 Å². The molecule has 1 aromatic rings. The van der Waals surface area contributed by atoms with Gasteiger partial charge in [-0.25, -0.2) is 4.79 Å². The fourth-order valence-electron chi connectivity index (χ4n) is 2.26. The van der Waals surface area contributed by atoms with E-state index < -0.39 is 17.7 Å². The Balaban J connectivity index is 2.07. The lowest BCUT2D eigenvalue weighted by Gasteiger charge is -2.05. The summed E-state index contributed by atoms with van der Waals surface area (Å²) in [5.41, 5.74) is 0.807. The number of ketones is 1. The van der Waals surface area contributed by atoms with Gasteiger partial charge in [-0.1, -0.05) is 69.4 Å². The Morgan fingerprint density at radius 2 is 1.52 bits per heavy atom. The SMILES string of the molecule is CCCCCCCCOC(=O)CCC(=O)C(=O)OCc1ccccc1. The number of carbonyl (C=O) groups excluding carboxylic acids is 3. The summed E-state index contributed by atoms with van der Waals surface area (Å²) >= 11 is 0. The summed E-state index contributed by atoms with van der Waals surface area (Å²) in [5, 5.41) is 0. The van der Waals surface area contributed by atoms with Crippen LogP contribution < -0.4 is 0 Å². The van der Waals surface area contributed by atoms with Crippen molar-refractivity contribution in [2.45, 2.75) is 64.9 Å². The van der Waals surface area contributed by atoms with Gasteiger partial charge in [0.15, 0.2) is 0 Å². The number of hydrogen-bond donors (Lipinski definition) is 0. The summed E-state index contributed by atoms with van der Waals surface area (Å²) in [6.45, 7) is 2.59. The van der Waals surface area contributed by atoms with Gasteiger partial charge in [0.25, 0.3) is 0 Å². The van der Waals surface area contributed by atoms with Gasteiger partial charge in [-0.3, -0.25) is 9.59 Å². The minimum atomic E-state index is -0.910. The monoisotopic (exact) mass is 348 g/mol. The van der Waals surface area contributed by atoms with E-state index >= 15 is 0 Å². The molecule has 5 heteroatoms. The Morgan fingerprint density at radius 3 is 2.24 bits per heavy atom. The van der Waals surface area contributed by atoms with Gasteiger partial charge in [0.05, 0.1) is 13.0 Å². The molecular formula is C20H28O5. The van der Waals surface area contributed by atoms with Crippen LogP contribution in [0, 0.1) is 0 Å².